The molecule has 0 unspecified atom stereocenters. The van der Waals surface area contributed by atoms with Crippen LogP contribution in [0.25, 0.3) is 0 Å². The van der Waals surface area contributed by atoms with Gasteiger partial charge in [0.05, 0.1) is 0 Å². The standard InChI is InChI=1S/C7H11NS/c1-4-7(9-8)5-6(2)3/h4-5H,1-2,8H2,3H3/b7-5+. The van der Waals surface area contributed by atoms with Crippen molar-refractivity contribution in [2.75, 3.05) is 0 Å². The minimum absolute atomic E-state index is 0.947. The van der Waals surface area contributed by atoms with Gasteiger partial charge in [-0.15, -0.1) is 0 Å². The molecule has 0 radical (unpaired) electrons. The van der Waals surface area contributed by atoms with Crippen LogP contribution in [0.2, 0.25) is 0 Å². The van der Waals surface area contributed by atoms with Crippen molar-refractivity contribution < 1.29 is 0 Å². The molecule has 0 saturated carbocycles. The molecule has 0 heterocycles. The van der Waals surface area contributed by atoms with Crippen molar-refractivity contribution in [1.82, 2.24) is 0 Å². The van der Waals surface area contributed by atoms with Crippen LogP contribution in [0.3, 0.4) is 0 Å². The minimum Gasteiger partial charge on any atom is -0.274 e. The molecule has 9 heavy (non-hydrogen) atoms. The summed E-state index contributed by atoms with van der Waals surface area (Å²) in [6.07, 6.45) is 3.59. The first-order chi connectivity index (χ1) is 4.20. The Labute approximate surface area is 60.5 Å². The second-order valence-electron chi connectivity index (χ2n) is 1.72. The van der Waals surface area contributed by atoms with E-state index in [1.165, 1.54) is 11.9 Å². The molecule has 0 aromatic heterocycles. The third-order valence-electron chi connectivity index (χ3n) is 0.726. The highest BCUT2D eigenvalue weighted by molar-refractivity contribution is 8.01. The lowest BCUT2D eigenvalue weighted by atomic mass is 10.3. The fraction of sp³-hybridized carbons (Fsp3) is 0.143. The van der Waals surface area contributed by atoms with E-state index < -0.39 is 0 Å². The molecule has 0 fully saturated rings. The van der Waals surface area contributed by atoms with E-state index in [2.05, 4.69) is 13.2 Å². The smallest absolute Gasteiger partial charge is 0.0222 e. The summed E-state index contributed by atoms with van der Waals surface area (Å²) in [7, 11) is 0. The average Bonchev–Trinajstić information content (AvgIpc) is 1.82. The Kier molecular flexibility index (Phi) is 4.18. The van der Waals surface area contributed by atoms with Crippen molar-refractivity contribution >= 4 is 11.9 Å². The van der Waals surface area contributed by atoms with Gasteiger partial charge in [-0.3, -0.25) is 5.14 Å². The van der Waals surface area contributed by atoms with Gasteiger partial charge in [0.2, 0.25) is 0 Å². The molecule has 0 atom stereocenters. The van der Waals surface area contributed by atoms with Gasteiger partial charge >= 0.3 is 0 Å². The third kappa shape index (κ3) is 4.06. The van der Waals surface area contributed by atoms with Crippen molar-refractivity contribution in [1.29, 1.82) is 0 Å². The first-order valence-electron chi connectivity index (χ1n) is 2.57. The van der Waals surface area contributed by atoms with Gasteiger partial charge in [0, 0.05) is 4.91 Å². The van der Waals surface area contributed by atoms with Crippen molar-refractivity contribution in [3.63, 3.8) is 0 Å². The number of allylic oxidation sites excluding steroid dienone is 3. The molecule has 0 aliphatic rings. The van der Waals surface area contributed by atoms with Gasteiger partial charge in [0.25, 0.3) is 0 Å². The lowest BCUT2D eigenvalue weighted by molar-refractivity contribution is 1.55. The first-order valence-corrected chi connectivity index (χ1v) is 3.45. The van der Waals surface area contributed by atoms with Crippen molar-refractivity contribution in [3.8, 4) is 0 Å². The molecule has 0 aliphatic carbocycles. The molecule has 2 N–H and O–H groups in total. The summed E-state index contributed by atoms with van der Waals surface area (Å²) in [6, 6.07) is 0. The Balaban J connectivity index is 4.07. The molecular formula is C7H11NS. The molecule has 50 valence electrons. The van der Waals surface area contributed by atoms with Gasteiger partial charge in [-0.2, -0.15) is 0 Å². The highest BCUT2D eigenvalue weighted by Crippen LogP contribution is 2.10. The Hall–Kier alpha value is -0.470. The second-order valence-corrected chi connectivity index (χ2v) is 2.42. The summed E-state index contributed by atoms with van der Waals surface area (Å²) >= 11 is 1.18. The Morgan fingerprint density at radius 3 is 2.33 bits per heavy atom. The zero-order valence-corrected chi connectivity index (χ0v) is 6.37. The summed E-state index contributed by atoms with van der Waals surface area (Å²) in [6.45, 7) is 9.19. The number of nitrogens with two attached hydrogens (primary N) is 1. The molecule has 0 aliphatic heterocycles. The minimum atomic E-state index is 0.947. The maximum absolute atomic E-state index is 5.27. The van der Waals surface area contributed by atoms with Crippen molar-refractivity contribution in [2.24, 2.45) is 5.14 Å². The first kappa shape index (κ1) is 8.53. The summed E-state index contributed by atoms with van der Waals surface area (Å²) in [5.41, 5.74) is 0.989. The van der Waals surface area contributed by atoms with Crippen LogP contribution in [0.5, 0.6) is 0 Å². The average molecular weight is 141 g/mol. The van der Waals surface area contributed by atoms with Gasteiger partial charge in [-0.05, 0) is 24.9 Å². The van der Waals surface area contributed by atoms with Gasteiger partial charge in [0.1, 0.15) is 0 Å². The lowest BCUT2D eigenvalue weighted by Gasteiger charge is -1.92. The van der Waals surface area contributed by atoms with Crippen LogP contribution in [0.15, 0.2) is 35.8 Å². The molecule has 0 spiro atoms. The van der Waals surface area contributed by atoms with Crippen LogP contribution < -0.4 is 5.14 Å². The van der Waals surface area contributed by atoms with E-state index in [0.29, 0.717) is 0 Å². The van der Waals surface area contributed by atoms with Crippen molar-refractivity contribution in [2.45, 2.75) is 6.92 Å². The molecule has 0 rings (SSSR count). The van der Waals surface area contributed by atoms with E-state index in [1.807, 2.05) is 13.0 Å². The molecule has 0 amide bonds. The van der Waals surface area contributed by atoms with E-state index in [4.69, 9.17) is 5.14 Å². The molecule has 2 heteroatoms. The topological polar surface area (TPSA) is 26.0 Å². The van der Waals surface area contributed by atoms with Crippen LogP contribution in [-0.4, -0.2) is 0 Å². The SMILES string of the molecule is C=C/C(=C\C(=C)C)SN. The van der Waals surface area contributed by atoms with Crippen molar-refractivity contribution in [3.05, 3.63) is 35.8 Å². The molecular weight excluding hydrogens is 130 g/mol. The lowest BCUT2D eigenvalue weighted by Crippen LogP contribution is -1.79. The third-order valence-corrected chi connectivity index (χ3v) is 1.28. The van der Waals surface area contributed by atoms with E-state index >= 15 is 0 Å². The zero-order valence-electron chi connectivity index (χ0n) is 5.55. The van der Waals surface area contributed by atoms with Gasteiger partial charge < -0.3 is 0 Å². The number of rotatable bonds is 3. The Morgan fingerprint density at radius 2 is 2.22 bits per heavy atom. The number of hydrogen-bond donors (Lipinski definition) is 1. The maximum atomic E-state index is 5.27. The highest BCUT2D eigenvalue weighted by atomic mass is 32.2. The predicted molar refractivity (Wildman–Crippen MR) is 44.9 cm³/mol. The van der Waals surface area contributed by atoms with E-state index in [0.717, 1.165) is 10.5 Å². The second kappa shape index (κ2) is 4.41. The summed E-state index contributed by atoms with van der Waals surface area (Å²) in [5.74, 6) is 0. The normalized spacial score (nSPS) is 11.1. The predicted octanol–water partition coefficient (Wildman–Crippen LogP) is 2.24. The highest BCUT2D eigenvalue weighted by Gasteiger charge is 1.85. The van der Waals surface area contributed by atoms with Gasteiger partial charge in [0.15, 0.2) is 0 Å². The largest absolute Gasteiger partial charge is 0.274 e. The maximum Gasteiger partial charge on any atom is 0.0222 e. The van der Waals surface area contributed by atoms with Crippen LogP contribution in [0.1, 0.15) is 6.92 Å². The van der Waals surface area contributed by atoms with E-state index in [-0.39, 0.29) is 0 Å². The van der Waals surface area contributed by atoms with E-state index in [9.17, 15) is 0 Å². The Morgan fingerprint density at radius 1 is 1.67 bits per heavy atom. The van der Waals surface area contributed by atoms with E-state index in [1.54, 1.807) is 6.08 Å². The fourth-order valence-corrected chi connectivity index (χ4v) is 0.749. The van der Waals surface area contributed by atoms with Crippen LogP contribution in [0.4, 0.5) is 0 Å². The van der Waals surface area contributed by atoms with Crippen LogP contribution in [0, 0.1) is 0 Å². The quantitative estimate of drug-likeness (QED) is 0.482. The molecule has 0 aromatic rings. The fourth-order valence-electron chi connectivity index (χ4n) is 0.384. The monoisotopic (exact) mass is 141 g/mol. The molecule has 0 aromatic carbocycles. The molecule has 0 saturated heterocycles. The van der Waals surface area contributed by atoms with Crippen LogP contribution in [-0.2, 0) is 0 Å². The summed E-state index contributed by atoms with van der Waals surface area (Å²) in [4.78, 5) is 0.947. The van der Waals surface area contributed by atoms with Gasteiger partial charge in [-0.25, -0.2) is 0 Å². The summed E-state index contributed by atoms with van der Waals surface area (Å²) in [5, 5.41) is 5.27. The molecule has 1 nitrogen and oxygen atoms in total. The zero-order chi connectivity index (χ0) is 7.28. The molecule has 0 bridgehead atoms. The Bertz CT molecular complexity index is 147. The number of hydrogen-bond acceptors (Lipinski definition) is 2. The van der Waals surface area contributed by atoms with Gasteiger partial charge in [-0.1, -0.05) is 24.8 Å². The summed E-state index contributed by atoms with van der Waals surface area (Å²) < 4.78 is 0. The van der Waals surface area contributed by atoms with Crippen LogP contribution >= 0.6 is 11.9 Å².